The molecule has 1 atom stereocenters. The van der Waals surface area contributed by atoms with Crippen LogP contribution in [0.4, 0.5) is 0 Å². The van der Waals surface area contributed by atoms with E-state index in [0.29, 0.717) is 6.54 Å². The molecule has 1 amide bonds. The highest BCUT2D eigenvalue weighted by atomic mass is 79.9. The van der Waals surface area contributed by atoms with Gasteiger partial charge in [0, 0.05) is 20.1 Å². The summed E-state index contributed by atoms with van der Waals surface area (Å²) in [5.74, 6) is 0.911. The molecule has 0 saturated carbocycles. The highest BCUT2D eigenvalue weighted by Crippen LogP contribution is 2.25. The van der Waals surface area contributed by atoms with Crippen molar-refractivity contribution in [2.75, 3.05) is 20.7 Å². The summed E-state index contributed by atoms with van der Waals surface area (Å²) in [6.45, 7) is 5.21. The van der Waals surface area contributed by atoms with E-state index in [1.165, 1.54) is 0 Å². The molecule has 106 valence electrons. The van der Waals surface area contributed by atoms with Crippen LogP contribution in [0.15, 0.2) is 22.7 Å². The van der Waals surface area contributed by atoms with E-state index in [1.54, 1.807) is 12.0 Å². The zero-order chi connectivity index (χ0) is 14.4. The van der Waals surface area contributed by atoms with Gasteiger partial charge in [-0.05, 0) is 47.5 Å². The number of ether oxygens (including phenoxy) is 1. The van der Waals surface area contributed by atoms with Crippen molar-refractivity contribution in [3.63, 3.8) is 0 Å². The van der Waals surface area contributed by atoms with E-state index in [9.17, 15) is 4.79 Å². The van der Waals surface area contributed by atoms with Crippen LogP contribution in [-0.2, 0) is 11.3 Å². The molecule has 4 nitrogen and oxygen atoms in total. The van der Waals surface area contributed by atoms with Crippen molar-refractivity contribution >= 4 is 21.8 Å². The number of halogens is 1. The molecule has 0 aliphatic carbocycles. The van der Waals surface area contributed by atoms with E-state index in [1.807, 2.05) is 39.1 Å². The lowest BCUT2D eigenvalue weighted by Crippen LogP contribution is -2.42. The lowest BCUT2D eigenvalue weighted by Gasteiger charge is -2.20. The van der Waals surface area contributed by atoms with Crippen molar-refractivity contribution < 1.29 is 9.53 Å². The van der Waals surface area contributed by atoms with Gasteiger partial charge in [-0.2, -0.15) is 0 Å². The van der Waals surface area contributed by atoms with Crippen molar-refractivity contribution in [3.8, 4) is 5.75 Å². The van der Waals surface area contributed by atoms with Gasteiger partial charge in [0.05, 0.1) is 17.6 Å². The topological polar surface area (TPSA) is 41.6 Å². The smallest absolute Gasteiger partial charge is 0.239 e. The first kappa shape index (κ1) is 16.0. The molecule has 19 heavy (non-hydrogen) atoms. The average molecular weight is 329 g/mol. The summed E-state index contributed by atoms with van der Waals surface area (Å²) < 4.78 is 6.10. The molecule has 0 aliphatic rings. The third-order valence-electron chi connectivity index (χ3n) is 3.05. The predicted molar refractivity (Wildman–Crippen MR) is 80.3 cm³/mol. The molecular formula is C14H21BrN2O2. The average Bonchev–Trinajstić information content (AvgIpc) is 2.43. The molecule has 0 spiro atoms. The molecule has 0 saturated heterocycles. The Bertz CT molecular complexity index is 437. The second-order valence-corrected chi connectivity index (χ2v) is 5.28. The maximum atomic E-state index is 11.9. The van der Waals surface area contributed by atoms with E-state index in [2.05, 4.69) is 21.2 Å². The first-order chi connectivity index (χ1) is 8.99. The van der Waals surface area contributed by atoms with Crippen LogP contribution in [0.2, 0.25) is 0 Å². The molecule has 5 heteroatoms. The quantitative estimate of drug-likeness (QED) is 0.871. The first-order valence-corrected chi connectivity index (χ1v) is 7.09. The number of carbonyl (C=O) groups is 1. The molecular weight excluding hydrogens is 308 g/mol. The summed E-state index contributed by atoms with van der Waals surface area (Å²) >= 11 is 3.45. The fraction of sp³-hybridized carbons (Fsp3) is 0.500. The third-order valence-corrected chi connectivity index (χ3v) is 3.67. The van der Waals surface area contributed by atoms with Crippen LogP contribution in [0, 0.1) is 0 Å². The minimum atomic E-state index is -0.189. The first-order valence-electron chi connectivity index (χ1n) is 6.30. The molecule has 0 radical (unpaired) electrons. The summed E-state index contributed by atoms with van der Waals surface area (Å²) in [5, 5.41) is 3.23. The summed E-state index contributed by atoms with van der Waals surface area (Å²) in [6.07, 6.45) is 0. The Hall–Kier alpha value is -1.07. The fourth-order valence-electron chi connectivity index (χ4n) is 1.66. The van der Waals surface area contributed by atoms with Gasteiger partial charge in [0.1, 0.15) is 5.75 Å². The largest absolute Gasteiger partial charge is 0.496 e. The Morgan fingerprint density at radius 2 is 2.21 bits per heavy atom. The van der Waals surface area contributed by atoms with Crippen molar-refractivity contribution in [2.24, 2.45) is 0 Å². The minimum Gasteiger partial charge on any atom is -0.496 e. The number of nitrogens with zero attached hydrogens (tertiary/aromatic N) is 1. The van der Waals surface area contributed by atoms with Crippen molar-refractivity contribution in [1.29, 1.82) is 0 Å². The summed E-state index contributed by atoms with van der Waals surface area (Å²) in [5.41, 5.74) is 1.10. The van der Waals surface area contributed by atoms with E-state index in [4.69, 9.17) is 4.74 Å². The van der Waals surface area contributed by atoms with Crippen LogP contribution in [0.1, 0.15) is 19.4 Å². The van der Waals surface area contributed by atoms with E-state index in [-0.39, 0.29) is 11.9 Å². The molecule has 0 bridgehead atoms. The van der Waals surface area contributed by atoms with Crippen molar-refractivity contribution in [2.45, 2.75) is 26.4 Å². The Balaban J connectivity index is 2.57. The van der Waals surface area contributed by atoms with Gasteiger partial charge in [0.15, 0.2) is 0 Å². The van der Waals surface area contributed by atoms with Crippen LogP contribution in [-0.4, -0.2) is 37.6 Å². The Labute approximate surface area is 123 Å². The lowest BCUT2D eigenvalue weighted by molar-refractivity contribution is -0.131. The van der Waals surface area contributed by atoms with Crippen LogP contribution in [0.25, 0.3) is 0 Å². The van der Waals surface area contributed by atoms with Gasteiger partial charge < -0.3 is 15.0 Å². The van der Waals surface area contributed by atoms with Crippen LogP contribution >= 0.6 is 15.9 Å². The lowest BCUT2D eigenvalue weighted by atomic mass is 10.2. The Morgan fingerprint density at radius 3 is 2.74 bits per heavy atom. The van der Waals surface area contributed by atoms with E-state index >= 15 is 0 Å². The Kier molecular flexibility index (Phi) is 6.31. The number of hydrogen-bond donors (Lipinski definition) is 1. The number of likely N-dealkylation sites (N-methyl/N-ethyl adjacent to an activating group) is 1. The SMILES string of the molecule is CCN(C)C(=O)C(C)NCc1ccc(OC)c(Br)c1. The number of hydrogen-bond acceptors (Lipinski definition) is 3. The molecule has 0 heterocycles. The summed E-state index contributed by atoms with van der Waals surface area (Å²) in [6, 6.07) is 5.70. The number of amides is 1. The molecule has 1 N–H and O–H groups in total. The summed E-state index contributed by atoms with van der Waals surface area (Å²) in [7, 11) is 3.45. The standard InChI is InChI=1S/C14H21BrN2O2/c1-5-17(3)14(18)10(2)16-9-11-6-7-13(19-4)12(15)8-11/h6-8,10,16H,5,9H2,1-4H3. The number of methoxy groups -OCH3 is 1. The summed E-state index contributed by atoms with van der Waals surface area (Å²) in [4.78, 5) is 13.6. The van der Waals surface area contributed by atoms with Crippen molar-refractivity contribution in [3.05, 3.63) is 28.2 Å². The molecule has 1 rings (SSSR count). The molecule has 1 aromatic rings. The van der Waals surface area contributed by atoms with Gasteiger partial charge in [-0.15, -0.1) is 0 Å². The maximum Gasteiger partial charge on any atom is 0.239 e. The predicted octanol–water partition coefficient (Wildman–Crippen LogP) is 2.41. The molecule has 1 unspecified atom stereocenters. The highest BCUT2D eigenvalue weighted by molar-refractivity contribution is 9.10. The van der Waals surface area contributed by atoms with Gasteiger partial charge in [-0.3, -0.25) is 4.79 Å². The van der Waals surface area contributed by atoms with Crippen LogP contribution in [0.3, 0.4) is 0 Å². The van der Waals surface area contributed by atoms with Gasteiger partial charge in [0.25, 0.3) is 0 Å². The second kappa shape index (κ2) is 7.50. The van der Waals surface area contributed by atoms with E-state index < -0.39 is 0 Å². The van der Waals surface area contributed by atoms with Gasteiger partial charge in [0.2, 0.25) is 5.91 Å². The molecule has 1 aromatic carbocycles. The van der Waals surface area contributed by atoms with Gasteiger partial charge in [-0.1, -0.05) is 6.07 Å². The Morgan fingerprint density at radius 1 is 1.53 bits per heavy atom. The zero-order valence-electron chi connectivity index (χ0n) is 11.9. The van der Waals surface area contributed by atoms with Gasteiger partial charge >= 0.3 is 0 Å². The number of carbonyl (C=O) groups excluding carboxylic acids is 1. The molecule has 0 aromatic heterocycles. The fourth-order valence-corrected chi connectivity index (χ4v) is 2.25. The second-order valence-electron chi connectivity index (χ2n) is 4.42. The number of benzene rings is 1. The normalized spacial score (nSPS) is 12.1. The van der Waals surface area contributed by atoms with Gasteiger partial charge in [-0.25, -0.2) is 0 Å². The zero-order valence-corrected chi connectivity index (χ0v) is 13.5. The monoisotopic (exact) mass is 328 g/mol. The molecule has 0 aliphatic heterocycles. The van der Waals surface area contributed by atoms with Crippen LogP contribution in [0.5, 0.6) is 5.75 Å². The number of rotatable bonds is 6. The van der Waals surface area contributed by atoms with E-state index in [0.717, 1.165) is 22.3 Å². The molecule has 0 fully saturated rings. The minimum absolute atomic E-state index is 0.107. The van der Waals surface area contributed by atoms with Crippen LogP contribution < -0.4 is 10.1 Å². The third kappa shape index (κ3) is 4.51. The number of nitrogens with one attached hydrogen (secondary N) is 1. The maximum absolute atomic E-state index is 11.9. The highest BCUT2D eigenvalue weighted by Gasteiger charge is 2.15. The van der Waals surface area contributed by atoms with Crippen molar-refractivity contribution in [1.82, 2.24) is 10.2 Å².